The number of anilines is 1. The molecule has 1 aromatic heterocycles. The first-order chi connectivity index (χ1) is 9.65. The lowest BCUT2D eigenvalue weighted by Gasteiger charge is -2.32. The van der Waals surface area contributed by atoms with Crippen molar-refractivity contribution in [1.82, 2.24) is 9.88 Å². The lowest BCUT2D eigenvalue weighted by molar-refractivity contribution is 0.00726. The van der Waals surface area contributed by atoms with E-state index in [-0.39, 0.29) is 12.0 Å². The van der Waals surface area contributed by atoms with E-state index < -0.39 is 0 Å². The highest BCUT2D eigenvalue weighted by atomic mass is 79.9. The van der Waals surface area contributed by atoms with Gasteiger partial charge in [-0.25, -0.2) is 10.8 Å². The smallest absolute Gasteiger partial charge is 0.257 e. The topological polar surface area (TPSA) is 80.5 Å². The molecule has 0 aromatic carbocycles. The lowest BCUT2D eigenvalue weighted by Crippen LogP contribution is -2.43. The van der Waals surface area contributed by atoms with Crippen molar-refractivity contribution in [2.24, 2.45) is 5.84 Å². The number of carbonyl (C=O) groups is 1. The number of nitrogens with one attached hydrogen (secondary N) is 1. The molecule has 1 aromatic rings. The standard InChI is InChI=1S/C13H19BrN4O2/c1-2-20-10-4-3-5-18(8-10)13(19)11-6-9(14)7-16-12(11)17-15/h6-7,10H,2-5,8,15H2,1H3,(H,16,17). The SMILES string of the molecule is CCOC1CCCN(C(=O)c2cc(Br)cnc2NN)C1. The Morgan fingerprint density at radius 1 is 1.70 bits per heavy atom. The molecule has 110 valence electrons. The Morgan fingerprint density at radius 3 is 3.20 bits per heavy atom. The van der Waals surface area contributed by atoms with Gasteiger partial charge < -0.3 is 15.1 Å². The maximum Gasteiger partial charge on any atom is 0.257 e. The maximum absolute atomic E-state index is 12.6. The first-order valence-electron chi connectivity index (χ1n) is 6.68. The molecule has 0 bridgehead atoms. The Labute approximate surface area is 126 Å². The second-order valence-electron chi connectivity index (χ2n) is 4.66. The summed E-state index contributed by atoms with van der Waals surface area (Å²) in [5.41, 5.74) is 2.94. The number of carbonyl (C=O) groups excluding carboxylic acids is 1. The Bertz CT molecular complexity index is 481. The Kier molecular flexibility index (Phi) is 5.33. The number of aromatic nitrogens is 1. The third-order valence-corrected chi connectivity index (χ3v) is 3.72. The molecule has 1 atom stereocenters. The highest BCUT2D eigenvalue weighted by Crippen LogP contribution is 2.22. The summed E-state index contributed by atoms with van der Waals surface area (Å²) in [6.07, 6.45) is 3.66. The lowest BCUT2D eigenvalue weighted by atomic mass is 10.1. The monoisotopic (exact) mass is 342 g/mol. The molecule has 1 aliphatic rings. The van der Waals surface area contributed by atoms with Crippen molar-refractivity contribution >= 4 is 27.7 Å². The summed E-state index contributed by atoms with van der Waals surface area (Å²) in [7, 11) is 0. The normalized spacial score (nSPS) is 18.9. The fraction of sp³-hybridized carbons (Fsp3) is 0.538. The van der Waals surface area contributed by atoms with E-state index in [9.17, 15) is 4.79 Å². The van der Waals surface area contributed by atoms with Gasteiger partial charge in [-0.05, 0) is 41.8 Å². The van der Waals surface area contributed by atoms with E-state index in [2.05, 4.69) is 26.3 Å². The zero-order valence-electron chi connectivity index (χ0n) is 11.4. The molecule has 1 fully saturated rings. The molecule has 7 heteroatoms. The fourth-order valence-electron chi connectivity index (χ4n) is 2.38. The summed E-state index contributed by atoms with van der Waals surface area (Å²) < 4.78 is 6.37. The highest BCUT2D eigenvalue weighted by Gasteiger charge is 2.26. The predicted octanol–water partition coefficient (Wildman–Crippen LogP) is 1.77. The van der Waals surface area contributed by atoms with Gasteiger partial charge in [-0.15, -0.1) is 0 Å². The molecule has 0 saturated carbocycles. The number of rotatable bonds is 4. The summed E-state index contributed by atoms with van der Waals surface area (Å²) >= 11 is 3.33. The number of hydrazine groups is 1. The largest absolute Gasteiger partial charge is 0.377 e. The van der Waals surface area contributed by atoms with E-state index in [1.807, 2.05) is 6.92 Å². The van der Waals surface area contributed by atoms with Crippen LogP contribution in [0.1, 0.15) is 30.1 Å². The van der Waals surface area contributed by atoms with E-state index in [1.165, 1.54) is 0 Å². The molecule has 1 aliphatic heterocycles. The second kappa shape index (κ2) is 7.01. The Morgan fingerprint density at radius 2 is 2.50 bits per heavy atom. The van der Waals surface area contributed by atoms with Crippen molar-refractivity contribution in [3.8, 4) is 0 Å². The fourth-order valence-corrected chi connectivity index (χ4v) is 2.71. The van der Waals surface area contributed by atoms with Crippen LogP contribution in [0.3, 0.4) is 0 Å². The van der Waals surface area contributed by atoms with E-state index in [0.29, 0.717) is 24.5 Å². The highest BCUT2D eigenvalue weighted by molar-refractivity contribution is 9.10. The minimum atomic E-state index is -0.0730. The van der Waals surface area contributed by atoms with Gasteiger partial charge >= 0.3 is 0 Å². The molecule has 1 saturated heterocycles. The molecule has 1 unspecified atom stereocenters. The van der Waals surface area contributed by atoms with Gasteiger partial charge in [0.1, 0.15) is 0 Å². The molecule has 2 heterocycles. The number of nitrogens with zero attached hydrogens (tertiary/aromatic N) is 2. The van der Waals surface area contributed by atoms with Gasteiger partial charge in [0.05, 0.1) is 11.7 Å². The zero-order valence-corrected chi connectivity index (χ0v) is 13.0. The molecular formula is C13H19BrN4O2. The molecule has 20 heavy (non-hydrogen) atoms. The van der Waals surface area contributed by atoms with Gasteiger partial charge in [-0.3, -0.25) is 4.79 Å². The predicted molar refractivity (Wildman–Crippen MR) is 80.3 cm³/mol. The van der Waals surface area contributed by atoms with E-state index in [0.717, 1.165) is 23.9 Å². The number of likely N-dealkylation sites (tertiary alicyclic amines) is 1. The first kappa shape index (κ1) is 15.2. The maximum atomic E-state index is 12.6. The van der Waals surface area contributed by atoms with Crippen molar-refractivity contribution in [2.45, 2.75) is 25.9 Å². The summed E-state index contributed by atoms with van der Waals surface area (Å²) in [5, 5.41) is 0. The van der Waals surface area contributed by atoms with Crippen LogP contribution >= 0.6 is 15.9 Å². The number of nitrogen functional groups attached to an aromatic ring is 1. The minimum absolute atomic E-state index is 0.0730. The Balaban J connectivity index is 2.16. The van der Waals surface area contributed by atoms with Crippen LogP contribution in [-0.2, 0) is 4.74 Å². The number of pyridine rings is 1. The van der Waals surface area contributed by atoms with Crippen molar-refractivity contribution in [1.29, 1.82) is 0 Å². The minimum Gasteiger partial charge on any atom is -0.377 e. The molecule has 1 amide bonds. The number of piperidine rings is 1. The van der Waals surface area contributed by atoms with E-state index in [4.69, 9.17) is 10.6 Å². The first-order valence-corrected chi connectivity index (χ1v) is 7.48. The molecule has 0 radical (unpaired) electrons. The van der Waals surface area contributed by atoms with E-state index >= 15 is 0 Å². The summed E-state index contributed by atoms with van der Waals surface area (Å²) in [6, 6.07) is 1.73. The molecule has 6 nitrogen and oxygen atoms in total. The third-order valence-electron chi connectivity index (χ3n) is 3.29. The van der Waals surface area contributed by atoms with Crippen molar-refractivity contribution < 1.29 is 9.53 Å². The molecular weight excluding hydrogens is 324 g/mol. The number of ether oxygens (including phenoxy) is 1. The number of nitrogens with two attached hydrogens (primary N) is 1. The van der Waals surface area contributed by atoms with Gasteiger partial charge in [-0.1, -0.05) is 0 Å². The van der Waals surface area contributed by atoms with Crippen LogP contribution in [0.15, 0.2) is 16.7 Å². The summed E-state index contributed by atoms with van der Waals surface area (Å²) in [6.45, 7) is 3.98. The average molecular weight is 343 g/mol. The van der Waals surface area contributed by atoms with Crippen LogP contribution in [0.25, 0.3) is 0 Å². The van der Waals surface area contributed by atoms with Crippen molar-refractivity contribution in [3.05, 3.63) is 22.3 Å². The van der Waals surface area contributed by atoms with Crippen LogP contribution in [0.5, 0.6) is 0 Å². The van der Waals surface area contributed by atoms with Crippen LogP contribution in [-0.4, -0.2) is 41.6 Å². The number of hydrogen-bond acceptors (Lipinski definition) is 5. The molecule has 0 aliphatic carbocycles. The molecule has 2 rings (SSSR count). The summed E-state index contributed by atoms with van der Waals surface area (Å²) in [5.74, 6) is 5.73. The van der Waals surface area contributed by atoms with Crippen LogP contribution in [0.4, 0.5) is 5.82 Å². The van der Waals surface area contributed by atoms with Crippen molar-refractivity contribution in [2.75, 3.05) is 25.1 Å². The van der Waals surface area contributed by atoms with Crippen molar-refractivity contribution in [3.63, 3.8) is 0 Å². The van der Waals surface area contributed by atoms with Crippen LogP contribution in [0.2, 0.25) is 0 Å². The van der Waals surface area contributed by atoms with Gasteiger partial charge in [0.2, 0.25) is 0 Å². The third kappa shape index (κ3) is 3.47. The number of amides is 1. The summed E-state index contributed by atoms with van der Waals surface area (Å²) in [4.78, 5) is 18.5. The molecule has 3 N–H and O–H groups in total. The van der Waals surface area contributed by atoms with Gasteiger partial charge in [0, 0.05) is 30.4 Å². The van der Waals surface area contributed by atoms with Gasteiger partial charge in [0.25, 0.3) is 5.91 Å². The van der Waals surface area contributed by atoms with Gasteiger partial charge in [-0.2, -0.15) is 0 Å². The van der Waals surface area contributed by atoms with Gasteiger partial charge in [0.15, 0.2) is 5.82 Å². The van der Waals surface area contributed by atoms with Crippen LogP contribution < -0.4 is 11.3 Å². The quantitative estimate of drug-likeness (QED) is 0.643. The molecule has 0 spiro atoms. The zero-order chi connectivity index (χ0) is 14.5. The van der Waals surface area contributed by atoms with E-state index in [1.54, 1.807) is 17.2 Å². The average Bonchev–Trinajstić information content (AvgIpc) is 2.47. The number of halogens is 1. The second-order valence-corrected chi connectivity index (χ2v) is 5.58. The number of hydrogen-bond donors (Lipinski definition) is 2. The Hall–Kier alpha value is -1.18. The van der Waals surface area contributed by atoms with Crippen LogP contribution in [0, 0.1) is 0 Å².